The number of fused-ring (bicyclic) bond motifs is 4. The Labute approximate surface area is 184 Å². The topological polar surface area (TPSA) is 56.6 Å². The molecule has 166 valence electrons. The van der Waals surface area contributed by atoms with Gasteiger partial charge in [-0.3, -0.25) is 4.57 Å². The van der Waals surface area contributed by atoms with E-state index in [1.54, 1.807) is 28.8 Å². The van der Waals surface area contributed by atoms with Crippen molar-refractivity contribution in [3.63, 3.8) is 0 Å². The number of halogens is 2. The van der Waals surface area contributed by atoms with Gasteiger partial charge in [0.2, 0.25) is 5.88 Å². The van der Waals surface area contributed by atoms with E-state index >= 15 is 0 Å². The molecule has 5 rings (SSSR count). The van der Waals surface area contributed by atoms with Gasteiger partial charge in [0.1, 0.15) is 18.2 Å². The Morgan fingerprint density at radius 3 is 2.72 bits per heavy atom. The molecule has 1 saturated heterocycles. The van der Waals surface area contributed by atoms with Gasteiger partial charge in [-0.25, -0.2) is 13.6 Å². The monoisotopic (exact) mass is 439 g/mol. The van der Waals surface area contributed by atoms with E-state index in [-0.39, 0.29) is 23.7 Å². The van der Waals surface area contributed by atoms with Crippen LogP contribution >= 0.6 is 0 Å². The number of piperidine rings is 1. The molecule has 1 atom stereocenters. The van der Waals surface area contributed by atoms with Crippen molar-refractivity contribution in [1.82, 2.24) is 9.55 Å². The fraction of sp³-hybridized carbons (Fsp3) is 0.333. The van der Waals surface area contributed by atoms with Gasteiger partial charge in [-0.1, -0.05) is 12.1 Å². The molecule has 2 aliphatic heterocycles. The molecule has 32 heavy (non-hydrogen) atoms. The molecule has 0 spiro atoms. The van der Waals surface area contributed by atoms with Crippen LogP contribution in [0, 0.1) is 24.5 Å². The number of nitrogens with zero attached hydrogens (tertiary/aromatic N) is 3. The lowest BCUT2D eigenvalue weighted by Crippen LogP contribution is -2.46. The summed E-state index contributed by atoms with van der Waals surface area (Å²) in [7, 11) is 0. The van der Waals surface area contributed by atoms with E-state index in [9.17, 15) is 13.6 Å². The third-order valence-electron chi connectivity index (χ3n) is 5.90. The van der Waals surface area contributed by atoms with Gasteiger partial charge in [0, 0.05) is 25.7 Å². The molecule has 0 saturated carbocycles. The Balaban J connectivity index is 1.33. The van der Waals surface area contributed by atoms with Gasteiger partial charge in [-0.15, -0.1) is 0 Å². The second kappa shape index (κ2) is 8.26. The van der Waals surface area contributed by atoms with Gasteiger partial charge in [-0.05, 0) is 61.1 Å². The predicted octanol–water partition coefficient (Wildman–Crippen LogP) is 4.43. The van der Waals surface area contributed by atoms with Gasteiger partial charge in [0.25, 0.3) is 0 Å². The van der Waals surface area contributed by atoms with Crippen molar-refractivity contribution < 1.29 is 18.3 Å². The predicted molar refractivity (Wildman–Crippen MR) is 115 cm³/mol. The van der Waals surface area contributed by atoms with Crippen molar-refractivity contribution in [2.45, 2.75) is 32.9 Å². The van der Waals surface area contributed by atoms with Gasteiger partial charge < -0.3 is 14.4 Å². The van der Waals surface area contributed by atoms with Crippen molar-refractivity contribution in [3.8, 4) is 17.4 Å². The molecule has 1 fully saturated rings. The second-order valence-electron chi connectivity index (χ2n) is 8.40. The lowest BCUT2D eigenvalue weighted by atomic mass is 9.96. The minimum Gasteiger partial charge on any atom is -0.473 e. The summed E-state index contributed by atoms with van der Waals surface area (Å²) in [5, 5.41) is 0. The molecule has 0 aliphatic carbocycles. The summed E-state index contributed by atoms with van der Waals surface area (Å²) >= 11 is 0. The zero-order valence-corrected chi connectivity index (χ0v) is 17.7. The van der Waals surface area contributed by atoms with Crippen LogP contribution in [0.1, 0.15) is 24.0 Å². The number of aromatic nitrogens is 2. The molecule has 0 radical (unpaired) electrons. The summed E-state index contributed by atoms with van der Waals surface area (Å²) < 4.78 is 41.8. The van der Waals surface area contributed by atoms with Crippen LogP contribution in [0.3, 0.4) is 0 Å². The van der Waals surface area contributed by atoms with Crippen LogP contribution in [-0.4, -0.2) is 22.6 Å². The van der Waals surface area contributed by atoms with Crippen molar-refractivity contribution in [3.05, 3.63) is 75.7 Å². The number of rotatable bonds is 5. The highest BCUT2D eigenvalue weighted by Gasteiger charge is 2.29. The van der Waals surface area contributed by atoms with Crippen LogP contribution in [0.4, 0.5) is 14.6 Å². The van der Waals surface area contributed by atoms with Crippen LogP contribution in [0.5, 0.6) is 17.4 Å². The number of aryl methyl sites for hydroxylation is 1. The maximum atomic E-state index is 14.6. The van der Waals surface area contributed by atoms with Gasteiger partial charge in [0.15, 0.2) is 17.4 Å². The van der Waals surface area contributed by atoms with E-state index < -0.39 is 17.4 Å². The van der Waals surface area contributed by atoms with Crippen LogP contribution in [0.15, 0.2) is 47.3 Å². The summed E-state index contributed by atoms with van der Waals surface area (Å²) in [6, 6.07) is 11.0. The van der Waals surface area contributed by atoms with Crippen molar-refractivity contribution in [2.24, 2.45) is 5.92 Å². The standard InChI is InChI=1S/C24H23F2N3O3/c1-15-4-2-6-18(8-15)32-23-19(25)9-17(10-20(23)26)14-31-21-11-22-28-7-3-5-16(12-28)13-29(22)24(30)27-21/h2,4,6,8-11,16H,3,5,7,12-14H2,1H3/t16-/m0/s1. The molecule has 3 aromatic rings. The fourth-order valence-corrected chi connectivity index (χ4v) is 4.41. The Morgan fingerprint density at radius 1 is 1.12 bits per heavy atom. The van der Waals surface area contributed by atoms with Crippen molar-refractivity contribution in [1.29, 1.82) is 0 Å². The molecule has 0 amide bonds. The Bertz CT molecular complexity index is 1200. The normalized spacial score (nSPS) is 17.1. The maximum Gasteiger partial charge on any atom is 0.352 e. The highest BCUT2D eigenvalue weighted by Crippen LogP contribution is 2.31. The van der Waals surface area contributed by atoms with E-state index in [0.717, 1.165) is 49.4 Å². The van der Waals surface area contributed by atoms with Crippen molar-refractivity contribution >= 4 is 5.82 Å². The fourth-order valence-electron chi connectivity index (χ4n) is 4.41. The number of ether oxygens (including phenoxy) is 2. The number of benzene rings is 2. The lowest BCUT2D eigenvalue weighted by Gasteiger charge is -2.40. The molecule has 2 aliphatic rings. The molecule has 8 heteroatoms. The smallest absolute Gasteiger partial charge is 0.352 e. The second-order valence-corrected chi connectivity index (χ2v) is 8.40. The van der Waals surface area contributed by atoms with Crippen LogP contribution < -0.4 is 20.1 Å². The summed E-state index contributed by atoms with van der Waals surface area (Å²) in [4.78, 5) is 18.7. The highest BCUT2D eigenvalue weighted by molar-refractivity contribution is 5.44. The van der Waals surface area contributed by atoms with Gasteiger partial charge >= 0.3 is 5.69 Å². The summed E-state index contributed by atoms with van der Waals surface area (Å²) in [6.45, 7) is 4.21. The molecular weight excluding hydrogens is 416 g/mol. The Morgan fingerprint density at radius 2 is 1.94 bits per heavy atom. The summed E-state index contributed by atoms with van der Waals surface area (Å²) in [6.07, 6.45) is 2.20. The minimum absolute atomic E-state index is 0.128. The van der Waals surface area contributed by atoms with E-state index in [1.165, 1.54) is 0 Å². The minimum atomic E-state index is -0.831. The molecule has 0 unspecified atom stereocenters. The Kier molecular flexibility index (Phi) is 5.28. The Hall–Kier alpha value is -3.42. The van der Waals surface area contributed by atoms with Crippen LogP contribution in [0.2, 0.25) is 0 Å². The third-order valence-corrected chi connectivity index (χ3v) is 5.90. The zero-order chi connectivity index (χ0) is 22.2. The molecule has 3 heterocycles. The average molecular weight is 439 g/mol. The number of hydrogen-bond donors (Lipinski definition) is 0. The summed E-state index contributed by atoms with van der Waals surface area (Å²) in [5.41, 5.74) is 0.824. The summed E-state index contributed by atoms with van der Waals surface area (Å²) in [5.74, 6) is -0.379. The molecule has 6 nitrogen and oxygen atoms in total. The SMILES string of the molecule is Cc1cccc(Oc2c(F)cc(COc3cc4n(c(=O)n3)C[C@H]3CCCN4C3)cc2F)c1. The first kappa shape index (κ1) is 20.5. The first-order chi connectivity index (χ1) is 15.5. The van der Waals surface area contributed by atoms with Gasteiger partial charge in [0.05, 0.1) is 0 Å². The van der Waals surface area contributed by atoms with Crippen molar-refractivity contribution in [2.75, 3.05) is 18.0 Å². The molecule has 2 bridgehead atoms. The van der Waals surface area contributed by atoms with Crippen LogP contribution in [0.25, 0.3) is 0 Å². The first-order valence-corrected chi connectivity index (χ1v) is 10.7. The molecule has 1 aromatic heterocycles. The number of anilines is 1. The maximum absolute atomic E-state index is 14.6. The zero-order valence-electron chi connectivity index (χ0n) is 17.7. The average Bonchev–Trinajstić information content (AvgIpc) is 2.76. The third kappa shape index (κ3) is 4.04. The van der Waals surface area contributed by atoms with E-state index in [0.29, 0.717) is 18.2 Å². The van der Waals surface area contributed by atoms with Crippen LogP contribution in [-0.2, 0) is 13.2 Å². The molecular formula is C24H23F2N3O3. The molecule has 0 N–H and O–H groups in total. The van der Waals surface area contributed by atoms with E-state index in [1.807, 2.05) is 13.0 Å². The quantitative estimate of drug-likeness (QED) is 0.589. The number of hydrogen-bond acceptors (Lipinski definition) is 5. The largest absolute Gasteiger partial charge is 0.473 e. The first-order valence-electron chi connectivity index (χ1n) is 10.7. The lowest BCUT2D eigenvalue weighted by molar-refractivity contribution is 0.281. The van der Waals surface area contributed by atoms with Gasteiger partial charge in [-0.2, -0.15) is 4.98 Å². The highest BCUT2D eigenvalue weighted by atomic mass is 19.1. The van der Waals surface area contributed by atoms with E-state index in [2.05, 4.69) is 9.88 Å². The van der Waals surface area contributed by atoms with E-state index in [4.69, 9.17) is 9.47 Å². The molecule has 2 aromatic carbocycles.